The zero-order chi connectivity index (χ0) is 23.8. The minimum absolute atomic E-state index is 0.00767. The van der Waals surface area contributed by atoms with E-state index in [4.69, 9.17) is 0 Å². The number of halogens is 2. The highest BCUT2D eigenvalue weighted by atomic mass is 19.1. The second-order valence-corrected chi connectivity index (χ2v) is 9.17. The summed E-state index contributed by atoms with van der Waals surface area (Å²) in [4.78, 5) is 19.0. The average Bonchev–Trinajstić information content (AvgIpc) is 3.26. The van der Waals surface area contributed by atoms with E-state index in [0.29, 0.717) is 0 Å². The molecule has 4 aromatic rings. The Morgan fingerprint density at radius 2 is 1.88 bits per heavy atom. The summed E-state index contributed by atoms with van der Waals surface area (Å²) in [6, 6.07) is 17.3. The van der Waals surface area contributed by atoms with Crippen molar-refractivity contribution < 1.29 is 13.6 Å². The van der Waals surface area contributed by atoms with E-state index in [0.717, 1.165) is 52.5 Å². The summed E-state index contributed by atoms with van der Waals surface area (Å²) in [7, 11) is 0. The van der Waals surface area contributed by atoms with E-state index in [2.05, 4.69) is 24.0 Å². The van der Waals surface area contributed by atoms with Crippen LogP contribution in [0.3, 0.4) is 0 Å². The number of fused-ring (bicyclic) bond motifs is 2. The van der Waals surface area contributed by atoms with Crippen molar-refractivity contribution in [1.29, 1.82) is 0 Å². The lowest BCUT2D eigenvalue weighted by molar-refractivity contribution is -0.119. The summed E-state index contributed by atoms with van der Waals surface area (Å²) < 4.78 is 28.1. The Kier molecular flexibility index (Phi) is 5.94. The SMILES string of the molecule is CCc1cccc2c(C(CC(=O)N3c4ccc(F)cc4CCC3C)c3cccc(F)c3)c[nH]c12. The fourth-order valence-corrected chi connectivity index (χ4v) is 5.33. The van der Waals surface area contributed by atoms with Crippen molar-refractivity contribution in [3.05, 3.63) is 101 Å². The third-order valence-corrected chi connectivity index (χ3v) is 7.06. The zero-order valence-electron chi connectivity index (χ0n) is 19.4. The fourth-order valence-electron chi connectivity index (χ4n) is 5.33. The molecule has 0 saturated heterocycles. The molecular weight excluding hydrogens is 430 g/mol. The first-order valence-corrected chi connectivity index (χ1v) is 11.9. The highest BCUT2D eigenvalue weighted by Gasteiger charge is 2.31. The van der Waals surface area contributed by atoms with E-state index in [-0.39, 0.29) is 35.9 Å². The van der Waals surface area contributed by atoms with E-state index < -0.39 is 0 Å². The summed E-state index contributed by atoms with van der Waals surface area (Å²) in [6.45, 7) is 4.14. The van der Waals surface area contributed by atoms with Gasteiger partial charge in [0.25, 0.3) is 0 Å². The normalized spacial score (nSPS) is 16.5. The Bertz CT molecular complexity index is 1360. The van der Waals surface area contributed by atoms with Crippen molar-refractivity contribution in [3.8, 4) is 0 Å². The number of benzene rings is 3. The Balaban J connectivity index is 1.57. The topological polar surface area (TPSA) is 36.1 Å². The molecule has 0 aliphatic carbocycles. The van der Waals surface area contributed by atoms with Gasteiger partial charge in [0.05, 0.1) is 0 Å². The second-order valence-electron chi connectivity index (χ2n) is 9.17. The summed E-state index contributed by atoms with van der Waals surface area (Å²) in [5, 5.41) is 1.05. The molecule has 3 aromatic carbocycles. The molecule has 2 atom stereocenters. The lowest BCUT2D eigenvalue weighted by Gasteiger charge is -2.36. The van der Waals surface area contributed by atoms with Crippen molar-refractivity contribution >= 4 is 22.5 Å². The highest BCUT2D eigenvalue weighted by molar-refractivity contribution is 5.97. The molecule has 5 rings (SSSR count). The summed E-state index contributed by atoms with van der Waals surface area (Å²) in [6.07, 6.45) is 4.55. The molecule has 1 N–H and O–H groups in total. The number of carbonyl (C=O) groups excluding carboxylic acids is 1. The van der Waals surface area contributed by atoms with Crippen LogP contribution in [0.15, 0.2) is 66.9 Å². The van der Waals surface area contributed by atoms with Gasteiger partial charge in [-0.3, -0.25) is 4.79 Å². The minimum atomic E-state index is -0.323. The van der Waals surface area contributed by atoms with Gasteiger partial charge in [-0.25, -0.2) is 8.78 Å². The molecule has 1 aliphatic rings. The maximum Gasteiger partial charge on any atom is 0.228 e. The number of H-pyrrole nitrogens is 1. The number of amides is 1. The molecule has 0 saturated carbocycles. The van der Waals surface area contributed by atoms with Crippen molar-refractivity contribution in [2.75, 3.05) is 4.90 Å². The lowest BCUT2D eigenvalue weighted by atomic mass is 9.86. The van der Waals surface area contributed by atoms with Crippen LogP contribution in [0.25, 0.3) is 10.9 Å². The molecule has 0 fully saturated rings. The molecular formula is C29H28F2N2O. The van der Waals surface area contributed by atoms with E-state index >= 15 is 0 Å². The minimum Gasteiger partial charge on any atom is -0.361 e. The number of anilines is 1. The van der Waals surface area contributed by atoms with Crippen LogP contribution in [0, 0.1) is 11.6 Å². The van der Waals surface area contributed by atoms with Crippen molar-refractivity contribution in [1.82, 2.24) is 4.98 Å². The number of hydrogen-bond donors (Lipinski definition) is 1. The molecule has 0 radical (unpaired) electrons. The largest absolute Gasteiger partial charge is 0.361 e. The Hall–Kier alpha value is -3.47. The first-order chi connectivity index (χ1) is 16.5. The van der Waals surface area contributed by atoms with E-state index in [1.165, 1.54) is 29.8 Å². The number of nitrogens with zero attached hydrogens (tertiary/aromatic N) is 1. The van der Waals surface area contributed by atoms with Crippen LogP contribution in [0.1, 0.15) is 54.9 Å². The van der Waals surface area contributed by atoms with Crippen LogP contribution in [-0.4, -0.2) is 16.9 Å². The van der Waals surface area contributed by atoms with Gasteiger partial charge in [0.2, 0.25) is 5.91 Å². The molecule has 1 amide bonds. The number of aryl methyl sites for hydroxylation is 2. The smallest absolute Gasteiger partial charge is 0.228 e. The van der Waals surface area contributed by atoms with E-state index in [9.17, 15) is 13.6 Å². The number of aromatic nitrogens is 1. The summed E-state index contributed by atoms with van der Waals surface area (Å²) in [5.41, 5.74) is 5.63. The number of aromatic amines is 1. The highest BCUT2D eigenvalue weighted by Crippen LogP contribution is 2.38. The molecule has 5 heteroatoms. The van der Waals surface area contributed by atoms with Crippen LogP contribution < -0.4 is 4.90 Å². The molecule has 174 valence electrons. The maximum atomic E-state index is 14.3. The quantitative estimate of drug-likeness (QED) is 0.347. The van der Waals surface area contributed by atoms with Gasteiger partial charge >= 0.3 is 0 Å². The fraction of sp³-hybridized carbons (Fsp3) is 0.276. The summed E-state index contributed by atoms with van der Waals surface area (Å²) >= 11 is 0. The number of carbonyl (C=O) groups is 1. The molecule has 0 bridgehead atoms. The van der Waals surface area contributed by atoms with Gasteiger partial charge in [0.15, 0.2) is 0 Å². The van der Waals surface area contributed by atoms with Gasteiger partial charge in [0, 0.05) is 41.2 Å². The second kappa shape index (κ2) is 9.05. The third-order valence-electron chi connectivity index (χ3n) is 7.06. The lowest BCUT2D eigenvalue weighted by Crippen LogP contribution is -2.42. The number of para-hydroxylation sites is 1. The standard InChI is InChI=1S/C29H28F2N2O/c1-3-19-6-5-9-24-26(17-32-29(19)24)25(20-7-4-8-22(30)14-20)16-28(34)33-18(2)10-11-21-15-23(31)12-13-27(21)33/h4-9,12-15,17-18,25,32H,3,10-11,16H2,1-2H3. The molecule has 3 nitrogen and oxygen atoms in total. The van der Waals surface area contributed by atoms with Crippen LogP contribution >= 0.6 is 0 Å². The number of rotatable bonds is 5. The first-order valence-electron chi connectivity index (χ1n) is 11.9. The maximum absolute atomic E-state index is 14.3. The molecule has 1 aliphatic heterocycles. The van der Waals surface area contributed by atoms with Gasteiger partial charge in [-0.2, -0.15) is 0 Å². The predicted molar refractivity (Wildman–Crippen MR) is 132 cm³/mol. The Labute approximate surface area is 198 Å². The average molecular weight is 459 g/mol. The van der Waals surface area contributed by atoms with Gasteiger partial charge in [-0.05, 0) is 78.8 Å². The monoisotopic (exact) mass is 458 g/mol. The molecule has 0 spiro atoms. The predicted octanol–water partition coefficient (Wildman–Crippen LogP) is 6.90. The Morgan fingerprint density at radius 1 is 1.09 bits per heavy atom. The molecule has 34 heavy (non-hydrogen) atoms. The van der Waals surface area contributed by atoms with Crippen molar-refractivity contribution in [2.45, 2.75) is 51.5 Å². The van der Waals surface area contributed by atoms with Crippen LogP contribution in [0.5, 0.6) is 0 Å². The zero-order valence-corrected chi connectivity index (χ0v) is 19.4. The summed E-state index contributed by atoms with van der Waals surface area (Å²) in [5.74, 6) is -0.975. The van der Waals surface area contributed by atoms with Gasteiger partial charge < -0.3 is 9.88 Å². The molecule has 2 heterocycles. The van der Waals surface area contributed by atoms with Crippen molar-refractivity contribution in [3.63, 3.8) is 0 Å². The third kappa shape index (κ3) is 4.00. The van der Waals surface area contributed by atoms with E-state index in [1.807, 2.05) is 25.3 Å². The van der Waals surface area contributed by atoms with Gasteiger partial charge in [-0.1, -0.05) is 37.3 Å². The van der Waals surface area contributed by atoms with E-state index in [1.54, 1.807) is 17.0 Å². The Morgan fingerprint density at radius 3 is 2.68 bits per heavy atom. The number of hydrogen-bond acceptors (Lipinski definition) is 1. The van der Waals surface area contributed by atoms with Crippen LogP contribution in [0.4, 0.5) is 14.5 Å². The van der Waals surface area contributed by atoms with Gasteiger partial charge in [0.1, 0.15) is 11.6 Å². The van der Waals surface area contributed by atoms with Crippen LogP contribution in [-0.2, 0) is 17.6 Å². The molecule has 2 unspecified atom stereocenters. The van der Waals surface area contributed by atoms with Gasteiger partial charge in [-0.15, -0.1) is 0 Å². The molecule has 1 aromatic heterocycles. The van der Waals surface area contributed by atoms with Crippen molar-refractivity contribution in [2.24, 2.45) is 0 Å². The van der Waals surface area contributed by atoms with Crippen LogP contribution in [0.2, 0.25) is 0 Å². The first kappa shape index (κ1) is 22.3. The number of nitrogens with one attached hydrogen (secondary N) is 1.